The second-order valence-corrected chi connectivity index (χ2v) is 4.41. The summed E-state index contributed by atoms with van der Waals surface area (Å²) in [5.41, 5.74) is 2.82. The Labute approximate surface area is 121 Å². The monoisotopic (exact) mass is 282 g/mol. The van der Waals surface area contributed by atoms with E-state index in [9.17, 15) is 4.79 Å². The van der Waals surface area contributed by atoms with Crippen molar-refractivity contribution in [2.45, 2.75) is 6.92 Å². The molecule has 0 saturated heterocycles. The molecule has 21 heavy (non-hydrogen) atoms. The van der Waals surface area contributed by atoms with E-state index in [1.165, 1.54) is 0 Å². The molecule has 0 aliphatic carbocycles. The van der Waals surface area contributed by atoms with Gasteiger partial charge in [-0.05, 0) is 43.3 Å². The van der Waals surface area contributed by atoms with Crippen molar-refractivity contribution in [2.75, 3.05) is 11.9 Å². The maximum Gasteiger partial charge on any atom is 0.338 e. The Morgan fingerprint density at radius 2 is 1.95 bits per heavy atom. The lowest BCUT2D eigenvalue weighted by Gasteiger charge is -2.04. The topological polar surface area (TPSA) is 64.4 Å². The molecule has 3 rings (SSSR count). The molecule has 106 valence electrons. The molecule has 1 aromatic heterocycles. The van der Waals surface area contributed by atoms with Gasteiger partial charge in [-0.2, -0.15) is 4.98 Å². The molecule has 0 amide bonds. The van der Waals surface area contributed by atoms with Gasteiger partial charge in [0.25, 0.3) is 6.01 Å². The number of carbonyl (C=O) groups is 1. The summed E-state index contributed by atoms with van der Waals surface area (Å²) in [6.07, 6.45) is 0. The SMILES string of the molecule is CCOC(=O)c1ccc(Nc2nc3ccccc3o2)cc1. The van der Waals surface area contributed by atoms with Crippen LogP contribution in [-0.4, -0.2) is 17.6 Å². The number of hydrogen-bond donors (Lipinski definition) is 1. The smallest absolute Gasteiger partial charge is 0.338 e. The minimum atomic E-state index is -0.328. The van der Waals surface area contributed by atoms with E-state index in [0.717, 1.165) is 16.8 Å². The normalized spacial score (nSPS) is 10.5. The highest BCUT2D eigenvalue weighted by Gasteiger charge is 2.07. The number of anilines is 2. The third-order valence-electron chi connectivity index (χ3n) is 2.94. The zero-order valence-corrected chi connectivity index (χ0v) is 11.5. The molecule has 3 aromatic rings. The van der Waals surface area contributed by atoms with Gasteiger partial charge in [-0.1, -0.05) is 12.1 Å². The van der Waals surface area contributed by atoms with Gasteiger partial charge in [-0.25, -0.2) is 4.79 Å². The molecule has 0 unspecified atom stereocenters. The van der Waals surface area contributed by atoms with Gasteiger partial charge in [-0.3, -0.25) is 0 Å². The van der Waals surface area contributed by atoms with Crippen LogP contribution in [-0.2, 0) is 4.74 Å². The summed E-state index contributed by atoms with van der Waals surface area (Å²) in [5, 5.41) is 3.06. The fourth-order valence-corrected chi connectivity index (χ4v) is 1.95. The minimum absolute atomic E-state index is 0.328. The lowest BCUT2D eigenvalue weighted by Crippen LogP contribution is -2.04. The van der Waals surface area contributed by atoms with E-state index in [1.54, 1.807) is 31.2 Å². The molecule has 0 saturated carbocycles. The number of carbonyl (C=O) groups excluding carboxylic acids is 1. The molecule has 2 aromatic carbocycles. The van der Waals surface area contributed by atoms with Crippen LogP contribution in [0.25, 0.3) is 11.1 Å². The molecule has 0 bridgehead atoms. The predicted octanol–water partition coefficient (Wildman–Crippen LogP) is 3.75. The standard InChI is InChI=1S/C16H14N2O3/c1-2-20-15(19)11-7-9-12(10-8-11)17-16-18-13-5-3-4-6-14(13)21-16/h3-10H,2H2,1H3,(H,17,18). The van der Waals surface area contributed by atoms with Gasteiger partial charge >= 0.3 is 5.97 Å². The van der Waals surface area contributed by atoms with Crippen LogP contribution >= 0.6 is 0 Å². The highest BCUT2D eigenvalue weighted by molar-refractivity contribution is 5.89. The number of esters is 1. The third-order valence-corrected chi connectivity index (χ3v) is 2.94. The number of hydrogen-bond acceptors (Lipinski definition) is 5. The van der Waals surface area contributed by atoms with Crippen LogP contribution in [0.5, 0.6) is 0 Å². The fourth-order valence-electron chi connectivity index (χ4n) is 1.95. The molecule has 5 nitrogen and oxygen atoms in total. The Morgan fingerprint density at radius 1 is 1.19 bits per heavy atom. The molecule has 0 atom stereocenters. The maximum atomic E-state index is 11.6. The number of nitrogens with zero attached hydrogens (tertiary/aromatic N) is 1. The Kier molecular flexibility index (Phi) is 3.55. The summed E-state index contributed by atoms with van der Waals surface area (Å²) < 4.78 is 10.5. The zero-order valence-electron chi connectivity index (χ0n) is 11.5. The van der Waals surface area contributed by atoms with Crippen LogP contribution in [0.1, 0.15) is 17.3 Å². The van der Waals surface area contributed by atoms with E-state index >= 15 is 0 Å². The van der Waals surface area contributed by atoms with Gasteiger partial charge in [0.15, 0.2) is 5.58 Å². The Bertz CT molecular complexity index is 730. The van der Waals surface area contributed by atoms with Gasteiger partial charge in [0.05, 0.1) is 12.2 Å². The molecule has 5 heteroatoms. The van der Waals surface area contributed by atoms with Crippen LogP contribution in [0.3, 0.4) is 0 Å². The molecule has 1 heterocycles. The van der Waals surface area contributed by atoms with E-state index in [-0.39, 0.29) is 5.97 Å². The summed E-state index contributed by atoms with van der Waals surface area (Å²) in [7, 11) is 0. The van der Waals surface area contributed by atoms with E-state index < -0.39 is 0 Å². The number of benzene rings is 2. The summed E-state index contributed by atoms with van der Waals surface area (Å²) in [4.78, 5) is 15.9. The maximum absolute atomic E-state index is 11.6. The molecular formula is C16H14N2O3. The van der Waals surface area contributed by atoms with Gasteiger partial charge in [0.2, 0.25) is 0 Å². The predicted molar refractivity (Wildman–Crippen MR) is 79.7 cm³/mol. The van der Waals surface area contributed by atoms with E-state index in [4.69, 9.17) is 9.15 Å². The number of aromatic nitrogens is 1. The van der Waals surface area contributed by atoms with Crippen LogP contribution < -0.4 is 5.32 Å². The molecule has 0 aliphatic heterocycles. The number of nitrogens with one attached hydrogen (secondary N) is 1. The Morgan fingerprint density at radius 3 is 2.67 bits per heavy atom. The summed E-state index contributed by atoms with van der Waals surface area (Å²) >= 11 is 0. The number of fused-ring (bicyclic) bond motifs is 1. The van der Waals surface area contributed by atoms with Gasteiger partial charge in [0, 0.05) is 5.69 Å². The van der Waals surface area contributed by atoms with Crippen molar-refractivity contribution >= 4 is 28.8 Å². The lowest BCUT2D eigenvalue weighted by molar-refractivity contribution is 0.0526. The number of ether oxygens (including phenoxy) is 1. The zero-order chi connectivity index (χ0) is 14.7. The van der Waals surface area contributed by atoms with Crippen molar-refractivity contribution in [1.82, 2.24) is 4.98 Å². The average Bonchev–Trinajstić information content (AvgIpc) is 2.90. The van der Waals surface area contributed by atoms with Crippen molar-refractivity contribution in [3.8, 4) is 0 Å². The van der Waals surface area contributed by atoms with E-state index in [2.05, 4.69) is 10.3 Å². The van der Waals surface area contributed by atoms with Gasteiger partial charge < -0.3 is 14.5 Å². The molecule has 1 N–H and O–H groups in total. The Balaban J connectivity index is 1.77. The molecule has 0 fully saturated rings. The molecule has 0 spiro atoms. The van der Waals surface area contributed by atoms with Crippen molar-refractivity contribution in [3.63, 3.8) is 0 Å². The highest BCUT2D eigenvalue weighted by atomic mass is 16.5. The first-order valence-electron chi connectivity index (χ1n) is 6.66. The van der Waals surface area contributed by atoms with E-state index in [0.29, 0.717) is 18.2 Å². The fraction of sp³-hybridized carbons (Fsp3) is 0.125. The Hall–Kier alpha value is -2.82. The summed E-state index contributed by atoms with van der Waals surface area (Å²) in [5.74, 6) is -0.328. The largest absolute Gasteiger partial charge is 0.462 e. The summed E-state index contributed by atoms with van der Waals surface area (Å²) in [6.45, 7) is 2.14. The quantitative estimate of drug-likeness (QED) is 0.738. The van der Waals surface area contributed by atoms with Crippen molar-refractivity contribution in [1.29, 1.82) is 0 Å². The first-order chi connectivity index (χ1) is 10.3. The lowest BCUT2D eigenvalue weighted by atomic mass is 10.2. The first kappa shape index (κ1) is 13.2. The van der Waals surface area contributed by atoms with Gasteiger partial charge in [-0.15, -0.1) is 0 Å². The third kappa shape index (κ3) is 2.86. The molecular weight excluding hydrogens is 268 g/mol. The van der Waals surface area contributed by atoms with Crippen molar-refractivity contribution in [3.05, 3.63) is 54.1 Å². The van der Waals surface area contributed by atoms with Crippen LogP contribution in [0, 0.1) is 0 Å². The van der Waals surface area contributed by atoms with Crippen LogP contribution in [0.2, 0.25) is 0 Å². The molecule has 0 radical (unpaired) electrons. The minimum Gasteiger partial charge on any atom is -0.462 e. The first-order valence-corrected chi connectivity index (χ1v) is 6.66. The highest BCUT2D eigenvalue weighted by Crippen LogP contribution is 2.22. The molecule has 0 aliphatic rings. The second kappa shape index (κ2) is 5.66. The average molecular weight is 282 g/mol. The van der Waals surface area contributed by atoms with E-state index in [1.807, 2.05) is 24.3 Å². The van der Waals surface area contributed by atoms with Gasteiger partial charge in [0.1, 0.15) is 5.52 Å². The number of para-hydroxylation sites is 2. The number of oxazole rings is 1. The van der Waals surface area contributed by atoms with Crippen LogP contribution in [0.15, 0.2) is 52.9 Å². The summed E-state index contributed by atoms with van der Waals surface area (Å²) in [6, 6.07) is 14.9. The second-order valence-electron chi connectivity index (χ2n) is 4.41. The number of rotatable bonds is 4. The van der Waals surface area contributed by atoms with Crippen LogP contribution in [0.4, 0.5) is 11.7 Å². The van der Waals surface area contributed by atoms with Crippen molar-refractivity contribution < 1.29 is 13.9 Å². The van der Waals surface area contributed by atoms with Crippen molar-refractivity contribution in [2.24, 2.45) is 0 Å².